The molecule has 0 aliphatic heterocycles. The molecule has 0 unspecified atom stereocenters. The van der Waals surface area contributed by atoms with E-state index < -0.39 is 0 Å². The van der Waals surface area contributed by atoms with E-state index in [0.29, 0.717) is 11.9 Å². The minimum Gasteiger partial charge on any atom is -0.383 e. The third kappa shape index (κ3) is 1.60. The highest BCUT2D eigenvalue weighted by molar-refractivity contribution is 5.67. The zero-order chi connectivity index (χ0) is 11.8. The molecule has 0 atom stereocenters. The van der Waals surface area contributed by atoms with Crippen LogP contribution in [0.2, 0.25) is 0 Å². The maximum absolute atomic E-state index is 5.98. The smallest absolute Gasteiger partial charge is 0.169 e. The molecule has 2 heterocycles. The van der Waals surface area contributed by atoms with E-state index in [1.54, 1.807) is 17.2 Å². The molecule has 6 heteroatoms. The molecule has 0 amide bonds. The number of nitrogens with zero attached hydrogens (tertiary/aromatic N) is 5. The predicted molar refractivity (Wildman–Crippen MR) is 64.1 cm³/mol. The number of rotatable bonds is 2. The van der Waals surface area contributed by atoms with Gasteiger partial charge in [-0.15, -0.1) is 10.2 Å². The van der Waals surface area contributed by atoms with Crippen LogP contribution in [-0.2, 0) is 7.05 Å². The average Bonchev–Trinajstić information content (AvgIpc) is 3.01. The molecule has 1 fully saturated rings. The summed E-state index contributed by atoms with van der Waals surface area (Å²) >= 11 is 0. The Labute approximate surface area is 99.4 Å². The number of nitrogens with two attached hydrogens (primary N) is 1. The van der Waals surface area contributed by atoms with Gasteiger partial charge in [0.25, 0.3) is 0 Å². The van der Waals surface area contributed by atoms with Crippen LogP contribution in [0.1, 0.15) is 31.7 Å². The summed E-state index contributed by atoms with van der Waals surface area (Å²) < 4.78 is 3.80. The van der Waals surface area contributed by atoms with Crippen molar-refractivity contribution >= 4 is 5.82 Å². The molecule has 0 radical (unpaired) electrons. The first-order chi connectivity index (χ1) is 8.27. The number of anilines is 1. The Kier molecular flexibility index (Phi) is 2.35. The molecule has 90 valence electrons. The van der Waals surface area contributed by atoms with E-state index in [4.69, 9.17) is 5.73 Å². The normalized spacial score (nSPS) is 16.8. The first-order valence-corrected chi connectivity index (χ1v) is 5.94. The lowest BCUT2D eigenvalue weighted by Crippen LogP contribution is -2.06. The predicted octanol–water partition coefficient (Wildman–Crippen LogP) is 1.38. The maximum atomic E-state index is 5.98. The van der Waals surface area contributed by atoms with Crippen LogP contribution in [0.3, 0.4) is 0 Å². The van der Waals surface area contributed by atoms with Crippen LogP contribution in [0.15, 0.2) is 12.5 Å². The van der Waals surface area contributed by atoms with Crippen LogP contribution >= 0.6 is 0 Å². The fraction of sp³-hybridized carbons (Fsp3) is 0.545. The third-order valence-corrected chi connectivity index (χ3v) is 3.52. The minimum atomic E-state index is 0.514. The summed E-state index contributed by atoms with van der Waals surface area (Å²) in [6.07, 6.45) is 8.52. The van der Waals surface area contributed by atoms with E-state index in [-0.39, 0.29) is 0 Å². The highest BCUT2D eigenvalue weighted by Gasteiger charge is 2.22. The van der Waals surface area contributed by atoms with Crippen LogP contribution in [-0.4, -0.2) is 24.5 Å². The quantitative estimate of drug-likeness (QED) is 0.848. The molecular weight excluding hydrogens is 216 g/mol. The van der Waals surface area contributed by atoms with Gasteiger partial charge in [0.15, 0.2) is 5.82 Å². The molecular formula is C11H16N6. The molecule has 17 heavy (non-hydrogen) atoms. The van der Waals surface area contributed by atoms with Gasteiger partial charge in [0.2, 0.25) is 0 Å². The lowest BCUT2D eigenvalue weighted by Gasteiger charge is -2.12. The molecule has 0 aromatic carbocycles. The largest absolute Gasteiger partial charge is 0.383 e. The van der Waals surface area contributed by atoms with Gasteiger partial charge in [0, 0.05) is 13.1 Å². The Morgan fingerprint density at radius 3 is 2.76 bits per heavy atom. The lowest BCUT2D eigenvalue weighted by molar-refractivity contribution is 0.522. The zero-order valence-electron chi connectivity index (χ0n) is 9.87. The molecule has 2 aromatic heterocycles. The van der Waals surface area contributed by atoms with Gasteiger partial charge in [-0.2, -0.15) is 5.10 Å². The van der Waals surface area contributed by atoms with Gasteiger partial charge in [-0.05, 0) is 12.8 Å². The molecule has 2 aromatic rings. The van der Waals surface area contributed by atoms with Crippen LogP contribution in [0.4, 0.5) is 5.82 Å². The Hall–Kier alpha value is -1.85. The van der Waals surface area contributed by atoms with Gasteiger partial charge < -0.3 is 10.3 Å². The minimum absolute atomic E-state index is 0.514. The molecule has 1 saturated carbocycles. The van der Waals surface area contributed by atoms with E-state index in [9.17, 15) is 0 Å². The van der Waals surface area contributed by atoms with Gasteiger partial charge in [0.1, 0.15) is 12.1 Å². The summed E-state index contributed by atoms with van der Waals surface area (Å²) in [5.41, 5.74) is 6.85. The second-order valence-electron chi connectivity index (χ2n) is 4.57. The van der Waals surface area contributed by atoms with Crippen molar-refractivity contribution in [3.8, 4) is 11.4 Å². The molecule has 1 aliphatic rings. The van der Waals surface area contributed by atoms with Gasteiger partial charge in [0.05, 0.1) is 11.8 Å². The standard InChI is InChI=1S/C11H16N6/c1-16-10(12)9(6-14-16)11-15-13-7-17(11)8-4-2-3-5-8/h6-8H,2-5,12H2,1H3. The average molecular weight is 232 g/mol. The molecule has 2 N–H and O–H groups in total. The third-order valence-electron chi connectivity index (χ3n) is 3.52. The second kappa shape index (κ2) is 3.87. The van der Waals surface area contributed by atoms with Crippen molar-refractivity contribution in [1.82, 2.24) is 24.5 Å². The summed E-state index contributed by atoms with van der Waals surface area (Å²) in [4.78, 5) is 0. The Morgan fingerprint density at radius 1 is 1.35 bits per heavy atom. The Bertz CT molecular complexity index is 520. The van der Waals surface area contributed by atoms with Crippen molar-refractivity contribution in [2.24, 2.45) is 7.05 Å². The van der Waals surface area contributed by atoms with Gasteiger partial charge in [-0.1, -0.05) is 12.8 Å². The highest BCUT2D eigenvalue weighted by atomic mass is 15.3. The summed E-state index contributed by atoms with van der Waals surface area (Å²) in [5.74, 6) is 1.47. The number of aryl methyl sites for hydroxylation is 1. The van der Waals surface area contributed by atoms with Gasteiger partial charge >= 0.3 is 0 Å². The van der Waals surface area contributed by atoms with Crippen molar-refractivity contribution < 1.29 is 0 Å². The lowest BCUT2D eigenvalue weighted by atomic mass is 10.2. The van der Waals surface area contributed by atoms with E-state index in [2.05, 4.69) is 19.9 Å². The van der Waals surface area contributed by atoms with E-state index >= 15 is 0 Å². The van der Waals surface area contributed by atoms with Crippen LogP contribution in [0.25, 0.3) is 11.4 Å². The second-order valence-corrected chi connectivity index (χ2v) is 4.57. The Balaban J connectivity index is 2.03. The number of nitrogen functional groups attached to an aromatic ring is 1. The SMILES string of the molecule is Cn1ncc(-c2nncn2C2CCCC2)c1N. The maximum Gasteiger partial charge on any atom is 0.169 e. The first-order valence-electron chi connectivity index (χ1n) is 5.94. The van der Waals surface area contributed by atoms with Crippen molar-refractivity contribution in [2.45, 2.75) is 31.7 Å². The molecule has 0 saturated heterocycles. The number of aromatic nitrogens is 5. The summed E-state index contributed by atoms with van der Waals surface area (Å²) in [6.45, 7) is 0. The van der Waals surface area contributed by atoms with Crippen molar-refractivity contribution in [1.29, 1.82) is 0 Å². The van der Waals surface area contributed by atoms with Crippen LogP contribution in [0.5, 0.6) is 0 Å². The monoisotopic (exact) mass is 232 g/mol. The van der Waals surface area contributed by atoms with E-state index in [1.807, 2.05) is 7.05 Å². The molecule has 1 aliphatic carbocycles. The summed E-state index contributed by atoms with van der Waals surface area (Å²) in [5, 5.41) is 12.3. The number of hydrogen-bond donors (Lipinski definition) is 1. The summed E-state index contributed by atoms with van der Waals surface area (Å²) in [7, 11) is 1.83. The van der Waals surface area contributed by atoms with Gasteiger partial charge in [-0.3, -0.25) is 4.68 Å². The summed E-state index contributed by atoms with van der Waals surface area (Å²) in [6, 6.07) is 0.514. The van der Waals surface area contributed by atoms with E-state index in [1.165, 1.54) is 25.7 Å². The van der Waals surface area contributed by atoms with Crippen molar-refractivity contribution in [2.75, 3.05) is 5.73 Å². The van der Waals surface area contributed by atoms with Crippen molar-refractivity contribution in [3.05, 3.63) is 12.5 Å². The topological polar surface area (TPSA) is 74.5 Å². The van der Waals surface area contributed by atoms with Gasteiger partial charge in [-0.25, -0.2) is 0 Å². The zero-order valence-corrected chi connectivity index (χ0v) is 9.87. The Morgan fingerprint density at radius 2 is 2.12 bits per heavy atom. The molecule has 6 nitrogen and oxygen atoms in total. The van der Waals surface area contributed by atoms with Crippen LogP contribution < -0.4 is 5.73 Å². The number of hydrogen-bond acceptors (Lipinski definition) is 4. The fourth-order valence-corrected chi connectivity index (χ4v) is 2.50. The van der Waals surface area contributed by atoms with Crippen molar-refractivity contribution in [3.63, 3.8) is 0 Å². The fourth-order valence-electron chi connectivity index (χ4n) is 2.50. The molecule has 0 spiro atoms. The van der Waals surface area contributed by atoms with Crippen LogP contribution in [0, 0.1) is 0 Å². The molecule has 3 rings (SSSR count). The first kappa shape index (κ1) is 10.3. The highest BCUT2D eigenvalue weighted by Crippen LogP contribution is 2.33. The molecule has 0 bridgehead atoms. The van der Waals surface area contributed by atoms with E-state index in [0.717, 1.165) is 11.4 Å².